The van der Waals surface area contributed by atoms with E-state index in [1.165, 1.54) is 5.56 Å². The fourth-order valence-corrected chi connectivity index (χ4v) is 3.62. The third-order valence-corrected chi connectivity index (χ3v) is 4.92. The molecule has 7 heteroatoms. The van der Waals surface area contributed by atoms with Crippen LogP contribution < -0.4 is 14.2 Å². The SMILES string of the molecule is CCc1cnc2nc(C)c3c(-c4cc(OC)c(OC)c(OC)c4)[nH][nH]c3c12. The fourth-order valence-electron chi connectivity index (χ4n) is 3.62. The van der Waals surface area contributed by atoms with Gasteiger partial charge in [0.2, 0.25) is 5.75 Å². The van der Waals surface area contributed by atoms with Crippen LogP contribution in [0, 0.1) is 6.92 Å². The zero-order valence-corrected chi connectivity index (χ0v) is 16.1. The van der Waals surface area contributed by atoms with Crippen LogP contribution >= 0.6 is 0 Å². The topological polar surface area (TPSA) is 85.1 Å². The lowest BCUT2D eigenvalue weighted by atomic mass is 10.0. The summed E-state index contributed by atoms with van der Waals surface area (Å²) >= 11 is 0. The van der Waals surface area contributed by atoms with Crippen molar-refractivity contribution < 1.29 is 14.2 Å². The van der Waals surface area contributed by atoms with E-state index in [1.54, 1.807) is 21.3 Å². The van der Waals surface area contributed by atoms with Gasteiger partial charge in [0.25, 0.3) is 0 Å². The molecule has 2 N–H and O–H groups in total. The number of hydrogen-bond donors (Lipinski definition) is 2. The summed E-state index contributed by atoms with van der Waals surface area (Å²) in [5, 5.41) is 8.71. The van der Waals surface area contributed by atoms with Gasteiger partial charge in [-0.25, -0.2) is 9.97 Å². The summed E-state index contributed by atoms with van der Waals surface area (Å²) in [6.45, 7) is 4.11. The van der Waals surface area contributed by atoms with Crippen LogP contribution in [0.4, 0.5) is 0 Å². The Morgan fingerprint density at radius 3 is 2.26 bits per heavy atom. The molecule has 0 radical (unpaired) electrons. The van der Waals surface area contributed by atoms with E-state index >= 15 is 0 Å². The Kier molecular flexibility index (Phi) is 4.14. The maximum atomic E-state index is 5.50. The summed E-state index contributed by atoms with van der Waals surface area (Å²) < 4.78 is 16.4. The summed E-state index contributed by atoms with van der Waals surface area (Å²) in [6, 6.07) is 3.85. The van der Waals surface area contributed by atoms with Crippen LogP contribution in [-0.2, 0) is 6.42 Å². The molecule has 4 rings (SSSR count). The number of benzene rings is 1. The molecule has 0 bridgehead atoms. The summed E-state index contributed by atoms with van der Waals surface area (Å²) in [6.07, 6.45) is 2.80. The zero-order valence-electron chi connectivity index (χ0n) is 16.1. The average Bonchev–Trinajstić information content (AvgIpc) is 3.30. The Bertz CT molecular complexity index is 1120. The zero-order chi connectivity index (χ0) is 19.1. The largest absolute Gasteiger partial charge is 0.493 e. The third-order valence-electron chi connectivity index (χ3n) is 4.92. The molecule has 0 fully saturated rings. The van der Waals surface area contributed by atoms with Crippen molar-refractivity contribution in [3.8, 4) is 28.5 Å². The van der Waals surface area contributed by atoms with E-state index in [0.29, 0.717) is 17.2 Å². The first-order valence-corrected chi connectivity index (χ1v) is 8.77. The molecule has 0 aliphatic heterocycles. The van der Waals surface area contributed by atoms with Gasteiger partial charge in [-0.1, -0.05) is 6.92 Å². The first-order valence-electron chi connectivity index (χ1n) is 8.77. The van der Waals surface area contributed by atoms with Gasteiger partial charge in [-0.2, -0.15) is 0 Å². The molecule has 0 amide bonds. The Morgan fingerprint density at radius 1 is 0.963 bits per heavy atom. The minimum absolute atomic E-state index is 0.564. The van der Waals surface area contributed by atoms with E-state index in [4.69, 9.17) is 19.2 Å². The van der Waals surface area contributed by atoms with Crippen LogP contribution in [0.3, 0.4) is 0 Å². The van der Waals surface area contributed by atoms with Crippen molar-refractivity contribution in [1.82, 2.24) is 20.2 Å². The number of rotatable bonds is 5. The Morgan fingerprint density at radius 2 is 1.67 bits per heavy atom. The number of nitrogens with one attached hydrogen (secondary N) is 2. The number of pyridine rings is 1. The Balaban J connectivity index is 2.03. The molecule has 3 aromatic heterocycles. The lowest BCUT2D eigenvalue weighted by Crippen LogP contribution is -1.96. The molecule has 27 heavy (non-hydrogen) atoms. The van der Waals surface area contributed by atoms with Gasteiger partial charge in [0.15, 0.2) is 17.1 Å². The molecule has 0 aliphatic carbocycles. The van der Waals surface area contributed by atoms with E-state index in [9.17, 15) is 0 Å². The highest BCUT2D eigenvalue weighted by Crippen LogP contribution is 2.43. The molecule has 0 saturated carbocycles. The standard InChI is InChI=1S/C20H22N4O3/c1-6-11-9-21-20-16(11)18-15(10(2)22-20)17(23-24-18)12-7-13(25-3)19(27-5)14(8-12)26-4/h7-9,23-24H,6H2,1-5H3. The van der Waals surface area contributed by atoms with Gasteiger partial charge >= 0.3 is 0 Å². The van der Waals surface area contributed by atoms with Crippen LogP contribution in [-0.4, -0.2) is 41.5 Å². The molecule has 0 atom stereocenters. The number of H-pyrrole nitrogens is 2. The van der Waals surface area contributed by atoms with E-state index in [0.717, 1.165) is 45.3 Å². The second-order valence-electron chi connectivity index (χ2n) is 6.32. The number of methoxy groups -OCH3 is 3. The molecule has 7 nitrogen and oxygen atoms in total. The molecule has 0 unspecified atom stereocenters. The van der Waals surface area contributed by atoms with Gasteiger partial charge in [0, 0.05) is 22.5 Å². The van der Waals surface area contributed by atoms with E-state index in [-0.39, 0.29) is 0 Å². The van der Waals surface area contributed by atoms with Crippen molar-refractivity contribution >= 4 is 21.9 Å². The lowest BCUT2D eigenvalue weighted by Gasteiger charge is -2.14. The first kappa shape index (κ1) is 17.2. The second-order valence-corrected chi connectivity index (χ2v) is 6.32. The van der Waals surface area contributed by atoms with Crippen molar-refractivity contribution in [3.63, 3.8) is 0 Å². The fraction of sp³-hybridized carbons (Fsp3) is 0.300. The van der Waals surface area contributed by atoms with Gasteiger partial charge in [-0.05, 0) is 31.0 Å². The van der Waals surface area contributed by atoms with Crippen LogP contribution in [0.2, 0.25) is 0 Å². The predicted octanol–water partition coefficient (Wildman–Crippen LogP) is 4.00. The molecule has 0 spiro atoms. The highest BCUT2D eigenvalue weighted by molar-refractivity contribution is 6.10. The number of fused-ring (bicyclic) bond motifs is 3. The predicted molar refractivity (Wildman–Crippen MR) is 105 cm³/mol. The molecule has 140 valence electrons. The minimum Gasteiger partial charge on any atom is -0.493 e. The van der Waals surface area contributed by atoms with Crippen molar-refractivity contribution in [3.05, 3.63) is 29.6 Å². The quantitative estimate of drug-likeness (QED) is 0.558. The normalized spacial score (nSPS) is 11.3. The summed E-state index contributed by atoms with van der Waals surface area (Å²) in [4.78, 5) is 9.17. The third kappa shape index (κ3) is 2.50. The average molecular weight is 366 g/mol. The van der Waals surface area contributed by atoms with Crippen LogP contribution in [0.25, 0.3) is 33.2 Å². The molecular weight excluding hydrogens is 344 g/mol. The number of hydrogen-bond acceptors (Lipinski definition) is 5. The van der Waals surface area contributed by atoms with Crippen molar-refractivity contribution in [2.24, 2.45) is 0 Å². The summed E-state index contributed by atoms with van der Waals surface area (Å²) in [5.74, 6) is 1.77. The Hall–Kier alpha value is -3.22. The molecular formula is C20H22N4O3. The summed E-state index contributed by atoms with van der Waals surface area (Å²) in [5.41, 5.74) is 5.69. The van der Waals surface area contributed by atoms with Gasteiger partial charge in [-0.3, -0.25) is 10.2 Å². The van der Waals surface area contributed by atoms with Gasteiger partial charge in [-0.15, -0.1) is 0 Å². The second kappa shape index (κ2) is 6.50. The van der Waals surface area contributed by atoms with Crippen molar-refractivity contribution in [2.75, 3.05) is 21.3 Å². The number of aromatic amines is 2. The maximum Gasteiger partial charge on any atom is 0.203 e. The van der Waals surface area contributed by atoms with Crippen molar-refractivity contribution in [2.45, 2.75) is 20.3 Å². The first-order chi connectivity index (χ1) is 13.1. The molecule has 0 aliphatic rings. The lowest BCUT2D eigenvalue weighted by molar-refractivity contribution is 0.324. The van der Waals surface area contributed by atoms with Crippen LogP contribution in [0.1, 0.15) is 18.2 Å². The number of aromatic nitrogens is 4. The Labute approximate surface area is 156 Å². The van der Waals surface area contributed by atoms with Gasteiger partial charge in [0.05, 0.1) is 38.2 Å². The number of nitrogens with zero attached hydrogens (tertiary/aromatic N) is 2. The smallest absolute Gasteiger partial charge is 0.203 e. The van der Waals surface area contributed by atoms with Gasteiger partial charge in [0.1, 0.15) is 0 Å². The monoisotopic (exact) mass is 366 g/mol. The van der Waals surface area contributed by atoms with E-state index in [2.05, 4.69) is 22.1 Å². The molecule has 1 aromatic carbocycles. The van der Waals surface area contributed by atoms with E-state index in [1.807, 2.05) is 25.3 Å². The van der Waals surface area contributed by atoms with E-state index < -0.39 is 0 Å². The highest BCUT2D eigenvalue weighted by atomic mass is 16.5. The molecule has 0 saturated heterocycles. The summed E-state index contributed by atoms with van der Waals surface area (Å²) in [7, 11) is 4.82. The van der Waals surface area contributed by atoms with Crippen molar-refractivity contribution in [1.29, 1.82) is 0 Å². The van der Waals surface area contributed by atoms with Crippen LogP contribution in [0.15, 0.2) is 18.3 Å². The maximum absolute atomic E-state index is 5.50. The molecule has 4 aromatic rings. The molecule has 3 heterocycles. The van der Waals surface area contributed by atoms with Crippen LogP contribution in [0.5, 0.6) is 17.2 Å². The highest BCUT2D eigenvalue weighted by Gasteiger charge is 2.20. The minimum atomic E-state index is 0.564. The number of ether oxygens (including phenoxy) is 3. The number of aryl methyl sites for hydroxylation is 2. The van der Waals surface area contributed by atoms with Gasteiger partial charge < -0.3 is 14.2 Å².